The van der Waals surface area contributed by atoms with Gasteiger partial charge in [-0.2, -0.15) is 0 Å². The fraction of sp³-hybridized carbons (Fsp3) is 0.950. The van der Waals surface area contributed by atoms with Crippen LogP contribution in [0.25, 0.3) is 0 Å². The summed E-state index contributed by atoms with van der Waals surface area (Å²) in [6.45, 7) is 2.33. The first kappa shape index (κ1) is 16.3. The van der Waals surface area contributed by atoms with E-state index in [0.29, 0.717) is 6.42 Å². The molecule has 2 saturated carbocycles. The highest BCUT2D eigenvalue weighted by Crippen LogP contribution is 2.43. The molecule has 1 aliphatic heterocycles. The van der Waals surface area contributed by atoms with Gasteiger partial charge in [0.1, 0.15) is 6.10 Å². The normalized spacial score (nSPS) is 39.1. The van der Waals surface area contributed by atoms with Gasteiger partial charge < -0.3 is 4.74 Å². The number of cyclic esters (lactones) is 1. The van der Waals surface area contributed by atoms with Crippen LogP contribution in [0, 0.1) is 23.7 Å². The second kappa shape index (κ2) is 7.84. The van der Waals surface area contributed by atoms with E-state index in [9.17, 15) is 4.79 Å². The van der Waals surface area contributed by atoms with Crippen molar-refractivity contribution in [3.63, 3.8) is 0 Å². The molecule has 0 spiro atoms. The molecule has 0 bridgehead atoms. The van der Waals surface area contributed by atoms with Crippen LogP contribution in [-0.2, 0) is 9.53 Å². The third kappa shape index (κ3) is 4.26. The van der Waals surface area contributed by atoms with Gasteiger partial charge in [0, 0.05) is 0 Å². The highest BCUT2D eigenvalue weighted by Gasteiger charge is 2.32. The quantitative estimate of drug-likeness (QED) is 0.606. The molecule has 126 valence electrons. The maximum Gasteiger partial charge on any atom is 0.309 e. The van der Waals surface area contributed by atoms with Gasteiger partial charge in [-0.15, -0.1) is 0 Å². The van der Waals surface area contributed by atoms with Crippen LogP contribution in [0.1, 0.15) is 90.4 Å². The van der Waals surface area contributed by atoms with Gasteiger partial charge in [-0.1, -0.05) is 45.4 Å². The summed E-state index contributed by atoms with van der Waals surface area (Å²) in [4.78, 5) is 10.8. The molecule has 1 heterocycles. The van der Waals surface area contributed by atoms with Crippen molar-refractivity contribution in [2.24, 2.45) is 23.7 Å². The lowest BCUT2D eigenvalue weighted by atomic mass is 9.68. The van der Waals surface area contributed by atoms with Crippen LogP contribution in [0.15, 0.2) is 0 Å². The molecule has 2 aliphatic carbocycles. The van der Waals surface area contributed by atoms with Crippen molar-refractivity contribution in [3.05, 3.63) is 0 Å². The molecular weight excluding hydrogens is 272 g/mol. The van der Waals surface area contributed by atoms with Crippen LogP contribution in [-0.4, -0.2) is 12.1 Å². The van der Waals surface area contributed by atoms with Crippen LogP contribution in [0.4, 0.5) is 0 Å². The number of esters is 1. The van der Waals surface area contributed by atoms with Gasteiger partial charge in [-0.05, 0) is 62.2 Å². The Morgan fingerprint density at radius 1 is 0.818 bits per heavy atom. The Bertz CT molecular complexity index is 341. The number of carbonyl (C=O) groups excluding carboxylic acids is 1. The van der Waals surface area contributed by atoms with E-state index in [0.717, 1.165) is 30.1 Å². The van der Waals surface area contributed by atoms with E-state index in [1.165, 1.54) is 70.6 Å². The third-order valence-corrected chi connectivity index (χ3v) is 6.74. The van der Waals surface area contributed by atoms with Crippen molar-refractivity contribution in [2.75, 3.05) is 0 Å². The predicted molar refractivity (Wildman–Crippen MR) is 89.5 cm³/mol. The lowest BCUT2D eigenvalue weighted by molar-refractivity contribution is -0.170. The number of carbonyl (C=O) groups is 1. The Labute approximate surface area is 136 Å². The second-order valence-corrected chi connectivity index (χ2v) is 8.24. The van der Waals surface area contributed by atoms with E-state index in [1.807, 2.05) is 0 Å². The fourth-order valence-corrected chi connectivity index (χ4v) is 5.25. The maximum atomic E-state index is 10.8. The Morgan fingerprint density at radius 2 is 1.32 bits per heavy atom. The van der Waals surface area contributed by atoms with Gasteiger partial charge in [-0.3, -0.25) is 4.79 Å². The molecule has 1 unspecified atom stereocenters. The van der Waals surface area contributed by atoms with Crippen LogP contribution in [0.5, 0.6) is 0 Å². The van der Waals surface area contributed by atoms with Crippen LogP contribution in [0.3, 0.4) is 0 Å². The molecule has 3 fully saturated rings. The minimum absolute atomic E-state index is 0.00684. The smallest absolute Gasteiger partial charge is 0.309 e. The van der Waals surface area contributed by atoms with E-state index >= 15 is 0 Å². The van der Waals surface area contributed by atoms with Crippen molar-refractivity contribution >= 4 is 5.97 Å². The summed E-state index contributed by atoms with van der Waals surface area (Å²) in [5.41, 5.74) is 0. The maximum absolute atomic E-state index is 10.8. The highest BCUT2D eigenvalue weighted by atomic mass is 16.6. The van der Waals surface area contributed by atoms with E-state index in [4.69, 9.17) is 4.74 Å². The molecule has 1 atom stereocenters. The van der Waals surface area contributed by atoms with Gasteiger partial charge in [0.2, 0.25) is 0 Å². The fourth-order valence-electron chi connectivity index (χ4n) is 5.25. The number of ether oxygens (including phenoxy) is 1. The van der Waals surface area contributed by atoms with E-state index in [1.54, 1.807) is 0 Å². The zero-order valence-corrected chi connectivity index (χ0v) is 14.4. The van der Waals surface area contributed by atoms with Gasteiger partial charge in [0.25, 0.3) is 0 Å². The molecule has 3 aliphatic rings. The van der Waals surface area contributed by atoms with Crippen molar-refractivity contribution in [1.82, 2.24) is 0 Å². The van der Waals surface area contributed by atoms with E-state index < -0.39 is 0 Å². The van der Waals surface area contributed by atoms with Gasteiger partial charge >= 0.3 is 5.97 Å². The molecule has 0 N–H and O–H groups in total. The second-order valence-electron chi connectivity index (χ2n) is 8.24. The molecule has 22 heavy (non-hydrogen) atoms. The molecule has 2 heteroatoms. The zero-order valence-electron chi connectivity index (χ0n) is 14.4. The molecular formula is C20H34O2. The number of rotatable bonds is 6. The van der Waals surface area contributed by atoms with Gasteiger partial charge in [0.05, 0.1) is 6.42 Å². The topological polar surface area (TPSA) is 26.3 Å². The molecule has 2 nitrogen and oxygen atoms in total. The summed E-state index contributed by atoms with van der Waals surface area (Å²) >= 11 is 0. The Kier molecular flexibility index (Phi) is 5.82. The van der Waals surface area contributed by atoms with Gasteiger partial charge in [0.15, 0.2) is 0 Å². The Morgan fingerprint density at radius 3 is 1.77 bits per heavy atom. The predicted octanol–water partition coefficient (Wildman–Crippen LogP) is 5.50. The standard InChI is InChI=1S/C20H34O2/c1-2-3-15-4-9-17(10-5-15)18-11-6-16(7-12-18)8-13-19-14-20(21)22-19/h15-19H,2-14H2,1H3. The summed E-state index contributed by atoms with van der Waals surface area (Å²) in [7, 11) is 0. The lowest BCUT2D eigenvalue weighted by Gasteiger charge is -2.38. The van der Waals surface area contributed by atoms with Crippen LogP contribution in [0.2, 0.25) is 0 Å². The molecule has 0 aromatic carbocycles. The monoisotopic (exact) mass is 306 g/mol. The Hall–Kier alpha value is -0.530. The Balaban J connectivity index is 1.31. The van der Waals surface area contributed by atoms with E-state index in [2.05, 4.69) is 6.92 Å². The summed E-state index contributed by atoms with van der Waals surface area (Å²) in [6.07, 6.45) is 18.0. The number of hydrogen-bond donors (Lipinski definition) is 0. The first-order chi connectivity index (χ1) is 10.7. The summed E-state index contributed by atoms with van der Waals surface area (Å²) in [5.74, 6) is 4.03. The lowest BCUT2D eigenvalue weighted by Crippen LogP contribution is -2.33. The molecule has 0 aromatic rings. The first-order valence-corrected chi connectivity index (χ1v) is 9.94. The third-order valence-electron chi connectivity index (χ3n) is 6.74. The largest absolute Gasteiger partial charge is 0.462 e. The molecule has 0 aromatic heterocycles. The minimum atomic E-state index is 0.00684. The molecule has 3 rings (SSSR count). The molecule has 0 amide bonds. The van der Waals surface area contributed by atoms with Crippen molar-refractivity contribution in [2.45, 2.75) is 96.5 Å². The highest BCUT2D eigenvalue weighted by molar-refractivity contribution is 5.75. The average molecular weight is 306 g/mol. The average Bonchev–Trinajstić information content (AvgIpc) is 2.52. The summed E-state index contributed by atoms with van der Waals surface area (Å²) in [5, 5.41) is 0. The first-order valence-electron chi connectivity index (χ1n) is 9.94. The van der Waals surface area contributed by atoms with Crippen molar-refractivity contribution in [1.29, 1.82) is 0 Å². The van der Waals surface area contributed by atoms with Crippen molar-refractivity contribution < 1.29 is 9.53 Å². The minimum Gasteiger partial charge on any atom is -0.462 e. The van der Waals surface area contributed by atoms with Crippen molar-refractivity contribution in [3.8, 4) is 0 Å². The zero-order chi connectivity index (χ0) is 15.4. The molecule has 1 saturated heterocycles. The number of hydrogen-bond acceptors (Lipinski definition) is 2. The SMILES string of the molecule is CCCC1CCC(C2CCC(CCC3CC(=O)O3)CC2)CC1. The van der Waals surface area contributed by atoms with Crippen LogP contribution >= 0.6 is 0 Å². The van der Waals surface area contributed by atoms with Crippen LogP contribution < -0.4 is 0 Å². The summed E-state index contributed by atoms with van der Waals surface area (Å²) < 4.78 is 5.14. The van der Waals surface area contributed by atoms with E-state index in [-0.39, 0.29) is 12.1 Å². The molecule has 0 radical (unpaired) electrons. The summed E-state index contributed by atoms with van der Waals surface area (Å²) in [6, 6.07) is 0. The van der Waals surface area contributed by atoms with Gasteiger partial charge in [-0.25, -0.2) is 0 Å².